The Morgan fingerprint density at radius 3 is 2.83 bits per heavy atom. The number of ether oxygens (including phenoxy) is 1. The lowest BCUT2D eigenvalue weighted by molar-refractivity contribution is -0.00971. The fourth-order valence-corrected chi connectivity index (χ4v) is 9.09. The largest absolute Gasteiger partial charge is 0.478 e. The van der Waals surface area contributed by atoms with Crippen LogP contribution in [0.5, 0.6) is 0 Å². The van der Waals surface area contributed by atoms with Gasteiger partial charge in [-0.1, -0.05) is 29.8 Å². The lowest BCUT2D eigenvalue weighted by atomic mass is 9.76. The van der Waals surface area contributed by atoms with E-state index in [-0.39, 0.29) is 28.5 Å². The van der Waals surface area contributed by atoms with E-state index in [0.29, 0.717) is 46.4 Å². The van der Waals surface area contributed by atoms with E-state index in [2.05, 4.69) is 12.1 Å². The van der Waals surface area contributed by atoms with E-state index >= 15 is 0 Å². The van der Waals surface area contributed by atoms with Crippen molar-refractivity contribution in [2.45, 2.75) is 75.4 Å². The van der Waals surface area contributed by atoms with Crippen LogP contribution in [-0.2, 0) is 11.3 Å². The van der Waals surface area contributed by atoms with Crippen molar-refractivity contribution >= 4 is 56.3 Å². The van der Waals surface area contributed by atoms with E-state index in [4.69, 9.17) is 37.4 Å². The van der Waals surface area contributed by atoms with Crippen molar-refractivity contribution in [2.24, 2.45) is 17.8 Å². The number of allylic oxidation sites excluding steroid dienone is 4. The normalized spacial score (nSPS) is 30.0. The highest BCUT2D eigenvalue weighted by Gasteiger charge is 2.49. The summed E-state index contributed by atoms with van der Waals surface area (Å²) in [6, 6.07) is 2.59. The minimum Gasteiger partial charge on any atom is -0.478 e. The molecule has 6 atom stereocenters. The van der Waals surface area contributed by atoms with Gasteiger partial charge in [-0.05, 0) is 74.5 Å². The van der Waals surface area contributed by atoms with Gasteiger partial charge in [-0.2, -0.15) is 0 Å². The molecule has 4 aliphatic carbocycles. The van der Waals surface area contributed by atoms with Crippen molar-refractivity contribution in [1.29, 1.82) is 0 Å². The monoisotopic (exact) mass is 602 g/mol. The summed E-state index contributed by atoms with van der Waals surface area (Å²) in [5.74, 6) is 1.02. The van der Waals surface area contributed by atoms with Gasteiger partial charge in [0.2, 0.25) is 0 Å². The number of nitrogens with zero attached hydrogens (tertiary/aromatic N) is 2. The van der Waals surface area contributed by atoms with Gasteiger partial charge in [-0.15, -0.1) is 22.9 Å². The molecule has 2 heterocycles. The Morgan fingerprint density at radius 2 is 2.10 bits per heavy atom. The lowest BCUT2D eigenvalue weighted by Gasteiger charge is -2.35. The van der Waals surface area contributed by atoms with Gasteiger partial charge < -0.3 is 14.4 Å². The average molecular weight is 604 g/mol. The van der Waals surface area contributed by atoms with Crippen LogP contribution in [0, 0.1) is 23.6 Å². The van der Waals surface area contributed by atoms with Crippen LogP contribution in [0.2, 0.25) is 0 Å². The quantitative estimate of drug-likeness (QED) is 0.274. The van der Waals surface area contributed by atoms with Crippen molar-refractivity contribution in [3.05, 3.63) is 62.7 Å². The Balaban J connectivity index is 1.12. The minimum absolute atomic E-state index is 0.0471. The van der Waals surface area contributed by atoms with E-state index in [0.717, 1.165) is 65.8 Å². The second-order valence-electron chi connectivity index (χ2n) is 11.7. The molecule has 1 unspecified atom stereocenters. The Bertz CT molecular complexity index is 1560. The Hall–Kier alpha value is -2.26. The zero-order chi connectivity index (χ0) is 27.7. The number of aromatic carboxylic acids is 1. The zero-order valence-corrected chi connectivity index (χ0v) is 24.2. The molecular formula is C30H29Cl2FN2O4S. The maximum absolute atomic E-state index is 14.7. The summed E-state index contributed by atoms with van der Waals surface area (Å²) in [5, 5.41) is 15.0. The van der Waals surface area contributed by atoms with Gasteiger partial charge in [0.15, 0.2) is 5.82 Å². The van der Waals surface area contributed by atoms with Crippen molar-refractivity contribution in [1.82, 2.24) is 10.1 Å². The number of halogens is 3. The minimum atomic E-state index is -1.14. The van der Waals surface area contributed by atoms with Crippen LogP contribution < -0.4 is 0 Å². The molecule has 0 saturated heterocycles. The van der Waals surface area contributed by atoms with Gasteiger partial charge in [-0.25, -0.2) is 14.2 Å². The number of rotatable bonds is 7. The second kappa shape index (κ2) is 10.2. The number of alkyl halides is 1. The molecule has 0 radical (unpaired) electrons. The highest BCUT2D eigenvalue weighted by molar-refractivity contribution is 7.18. The molecule has 40 heavy (non-hydrogen) atoms. The predicted octanol–water partition coefficient (Wildman–Crippen LogP) is 8.25. The van der Waals surface area contributed by atoms with Crippen LogP contribution in [0.1, 0.15) is 89.7 Å². The first-order valence-electron chi connectivity index (χ1n) is 13.9. The van der Waals surface area contributed by atoms with E-state index in [9.17, 15) is 14.3 Å². The third-order valence-corrected chi connectivity index (χ3v) is 11.0. The molecule has 3 saturated carbocycles. The van der Waals surface area contributed by atoms with Gasteiger partial charge in [0.1, 0.15) is 17.0 Å². The van der Waals surface area contributed by atoms with Crippen LogP contribution in [-0.4, -0.2) is 32.7 Å². The first kappa shape index (κ1) is 26.6. The number of fused-ring (bicyclic) bond motifs is 3. The molecule has 1 aromatic carbocycles. The summed E-state index contributed by atoms with van der Waals surface area (Å²) in [5.41, 5.74) is 2.72. The van der Waals surface area contributed by atoms with Gasteiger partial charge in [-0.3, -0.25) is 0 Å². The number of carbonyl (C=O) groups is 1. The number of hydrogen-bond acceptors (Lipinski definition) is 6. The molecule has 10 heteroatoms. The highest BCUT2D eigenvalue weighted by Crippen LogP contribution is 2.57. The Morgan fingerprint density at radius 1 is 1.27 bits per heavy atom. The third kappa shape index (κ3) is 4.61. The highest BCUT2D eigenvalue weighted by atomic mass is 35.5. The average Bonchev–Trinajstić information content (AvgIpc) is 3.47. The standard InChI is InChI=1S/C30H29Cl2FN2O4S/c1-13-7-15-8-17(11-18(13)24(15)29-34-27-22(33)9-16(30(36)37)10-23(27)40-29)38-12-19-26(35-39-28(19)14-5-6-14)25-20(31)3-2-4-21(25)32/h2-3,9-10,13-15,17-18,21,24H,4-8,11-12H2,1H3,(H,36,37)/t13-,15-,17+,18+,21?,24+/m0/s1. The first-order chi connectivity index (χ1) is 19.3. The number of thiazole rings is 1. The summed E-state index contributed by atoms with van der Waals surface area (Å²) in [6.45, 7) is 2.69. The molecule has 0 amide bonds. The summed E-state index contributed by atoms with van der Waals surface area (Å²) in [6.07, 6.45) is 9.66. The molecule has 4 aliphatic rings. The second-order valence-corrected chi connectivity index (χ2v) is 13.7. The van der Waals surface area contributed by atoms with Gasteiger partial charge >= 0.3 is 5.97 Å². The number of benzene rings is 1. The number of aromatic nitrogens is 2. The summed E-state index contributed by atoms with van der Waals surface area (Å²) >= 11 is 14.7. The SMILES string of the molecule is C[C@H]1C[C@H]2C[C@@H](OCc3c(C4=C(Cl)C=CCC4Cl)noc3C3CC3)C[C@H]1[C@@H]2c1nc2c(F)cc(C(=O)O)cc2s1. The zero-order valence-electron chi connectivity index (χ0n) is 21.9. The van der Waals surface area contributed by atoms with Gasteiger partial charge in [0, 0.05) is 28.0 Å². The van der Waals surface area contributed by atoms with E-state index in [1.54, 1.807) is 0 Å². The summed E-state index contributed by atoms with van der Waals surface area (Å²) < 4.78 is 27.7. The fourth-order valence-electron chi connectivity index (χ4n) is 7.10. The van der Waals surface area contributed by atoms with Crippen molar-refractivity contribution in [3.8, 4) is 0 Å². The molecule has 3 aromatic rings. The van der Waals surface area contributed by atoms with Crippen molar-refractivity contribution < 1.29 is 23.6 Å². The van der Waals surface area contributed by atoms with Crippen LogP contribution in [0.3, 0.4) is 0 Å². The lowest BCUT2D eigenvalue weighted by Crippen LogP contribution is -2.30. The van der Waals surface area contributed by atoms with Gasteiger partial charge in [0.25, 0.3) is 0 Å². The van der Waals surface area contributed by atoms with Crippen LogP contribution in [0.25, 0.3) is 15.8 Å². The molecule has 0 aliphatic heterocycles. The first-order valence-corrected chi connectivity index (χ1v) is 15.6. The van der Waals surface area contributed by atoms with Crippen molar-refractivity contribution in [3.63, 3.8) is 0 Å². The molecule has 210 valence electrons. The van der Waals surface area contributed by atoms with Crippen molar-refractivity contribution in [2.75, 3.05) is 0 Å². The van der Waals surface area contributed by atoms with E-state index < -0.39 is 11.8 Å². The fraction of sp³-hybridized carbons (Fsp3) is 0.500. The van der Waals surface area contributed by atoms with Crippen LogP contribution in [0.15, 0.2) is 33.8 Å². The van der Waals surface area contributed by atoms with Crippen LogP contribution >= 0.6 is 34.5 Å². The topological polar surface area (TPSA) is 85.5 Å². The molecule has 2 aromatic heterocycles. The van der Waals surface area contributed by atoms with E-state index in [1.807, 2.05) is 12.2 Å². The molecule has 3 fully saturated rings. The summed E-state index contributed by atoms with van der Waals surface area (Å²) in [7, 11) is 0. The molecule has 7 rings (SSSR count). The van der Waals surface area contributed by atoms with Gasteiger partial charge in [0.05, 0.1) is 33.4 Å². The number of carboxylic acids is 1. The third-order valence-electron chi connectivity index (χ3n) is 9.14. The Kier molecular flexibility index (Phi) is 6.81. The number of carboxylic acid groups (broad SMARTS) is 1. The smallest absolute Gasteiger partial charge is 0.335 e. The maximum Gasteiger partial charge on any atom is 0.335 e. The van der Waals surface area contributed by atoms with E-state index in [1.165, 1.54) is 17.4 Å². The number of hydrogen-bond donors (Lipinski definition) is 1. The Labute approximate surface area is 245 Å². The predicted molar refractivity (Wildman–Crippen MR) is 152 cm³/mol. The maximum atomic E-state index is 14.7. The molecule has 2 bridgehead atoms. The molecule has 6 nitrogen and oxygen atoms in total. The molecular weight excluding hydrogens is 574 g/mol. The summed E-state index contributed by atoms with van der Waals surface area (Å²) in [4.78, 5) is 16.1. The molecule has 1 N–H and O–H groups in total. The van der Waals surface area contributed by atoms with Crippen LogP contribution in [0.4, 0.5) is 4.39 Å². The molecule has 0 spiro atoms.